The number of allylic oxidation sites excluding steroid dienone is 2. The molecule has 4 aromatic rings. The minimum Gasteiger partial charge on any atom is -0.507 e. The molecule has 2 aliphatic heterocycles. The standard InChI is InChI=1S/C33H29ClN4O7/c1-35-31(42)36-13-12-22-24(38(36)32(35)43)17-23-29(40)37(20-11-7-10-19(34)14-20)30(41)33(23,18-8-5-4-6-9-18)28(22)27-25(39)15-21(44-2)16-26(27)45-3/h4-12,14-16,23-24,28,39H,13,17H2,1-3H3/t23-,24+,28+,33+/m0/s1. The summed E-state index contributed by atoms with van der Waals surface area (Å²) in [5, 5.41) is 12.0. The molecule has 0 radical (unpaired) electrons. The van der Waals surface area contributed by atoms with Crippen molar-refractivity contribution in [2.24, 2.45) is 13.0 Å². The van der Waals surface area contributed by atoms with Crippen LogP contribution in [0.1, 0.15) is 29.5 Å². The van der Waals surface area contributed by atoms with Crippen LogP contribution < -0.4 is 25.8 Å². The summed E-state index contributed by atoms with van der Waals surface area (Å²) in [5.74, 6) is -2.65. The van der Waals surface area contributed by atoms with Gasteiger partial charge >= 0.3 is 11.4 Å². The number of aromatic hydroxyl groups is 1. The van der Waals surface area contributed by atoms with Gasteiger partial charge in [0.15, 0.2) is 0 Å². The number of methoxy groups -OCH3 is 2. The Morgan fingerprint density at radius 3 is 2.38 bits per heavy atom. The Morgan fingerprint density at radius 1 is 0.933 bits per heavy atom. The van der Waals surface area contributed by atoms with Crippen molar-refractivity contribution in [2.45, 2.75) is 30.3 Å². The maximum absolute atomic E-state index is 15.2. The fourth-order valence-corrected chi connectivity index (χ4v) is 7.78. The number of aromatic nitrogens is 3. The maximum atomic E-state index is 15.2. The summed E-state index contributed by atoms with van der Waals surface area (Å²) >= 11 is 6.33. The number of rotatable bonds is 5. The molecule has 1 N–H and O–H groups in total. The van der Waals surface area contributed by atoms with Crippen LogP contribution in [0.2, 0.25) is 5.02 Å². The Bertz CT molecular complexity index is 2050. The number of imide groups is 1. The van der Waals surface area contributed by atoms with Crippen LogP contribution >= 0.6 is 11.6 Å². The molecule has 0 bridgehead atoms. The number of hydrogen-bond acceptors (Lipinski definition) is 7. The molecule has 3 aliphatic rings. The molecule has 7 rings (SSSR count). The number of phenolic OH excluding ortho intramolecular Hbond substituents is 1. The fraction of sp³-hybridized carbons (Fsp3) is 0.273. The Hall–Kier alpha value is -5.03. The van der Waals surface area contributed by atoms with Gasteiger partial charge < -0.3 is 14.6 Å². The first-order valence-electron chi connectivity index (χ1n) is 14.4. The average molecular weight is 629 g/mol. The lowest BCUT2D eigenvalue weighted by Crippen LogP contribution is -2.53. The third kappa shape index (κ3) is 3.83. The number of anilines is 1. The van der Waals surface area contributed by atoms with Gasteiger partial charge in [-0.3, -0.25) is 9.59 Å². The summed E-state index contributed by atoms with van der Waals surface area (Å²) in [6.45, 7) is 0.0478. The molecule has 2 amide bonds. The molecule has 11 nitrogen and oxygen atoms in total. The van der Waals surface area contributed by atoms with Gasteiger partial charge in [0.25, 0.3) is 0 Å². The zero-order valence-corrected chi connectivity index (χ0v) is 25.4. The van der Waals surface area contributed by atoms with Gasteiger partial charge in [0.05, 0.1) is 43.8 Å². The molecule has 0 spiro atoms. The van der Waals surface area contributed by atoms with Gasteiger partial charge in [-0.05, 0) is 35.8 Å². The molecule has 1 aliphatic carbocycles. The van der Waals surface area contributed by atoms with E-state index in [1.807, 2.05) is 12.1 Å². The van der Waals surface area contributed by atoms with Crippen molar-refractivity contribution in [1.82, 2.24) is 13.9 Å². The highest BCUT2D eigenvalue weighted by molar-refractivity contribution is 6.32. The lowest BCUT2D eigenvalue weighted by Gasteiger charge is -2.49. The van der Waals surface area contributed by atoms with Gasteiger partial charge in [-0.25, -0.2) is 28.4 Å². The number of ether oxygens (including phenoxy) is 2. The van der Waals surface area contributed by atoms with Gasteiger partial charge in [-0.15, -0.1) is 0 Å². The minimum atomic E-state index is -1.58. The van der Waals surface area contributed by atoms with E-state index in [0.29, 0.717) is 27.6 Å². The molecule has 3 heterocycles. The molecular weight excluding hydrogens is 600 g/mol. The topological polar surface area (TPSA) is 125 Å². The van der Waals surface area contributed by atoms with E-state index < -0.39 is 46.5 Å². The number of amides is 2. The van der Waals surface area contributed by atoms with E-state index in [4.69, 9.17) is 21.1 Å². The number of nitrogens with zero attached hydrogens (tertiary/aromatic N) is 4. The van der Waals surface area contributed by atoms with Crippen molar-refractivity contribution in [3.05, 3.63) is 115 Å². The molecule has 1 saturated heterocycles. The fourth-order valence-electron chi connectivity index (χ4n) is 7.59. The molecule has 2 fully saturated rings. The second-order valence-corrected chi connectivity index (χ2v) is 11.9. The quantitative estimate of drug-likeness (QED) is 0.265. The van der Waals surface area contributed by atoms with E-state index >= 15 is 4.79 Å². The number of carbonyl (C=O) groups is 2. The van der Waals surface area contributed by atoms with E-state index in [-0.39, 0.29) is 30.0 Å². The van der Waals surface area contributed by atoms with Crippen molar-refractivity contribution in [3.8, 4) is 17.2 Å². The second-order valence-electron chi connectivity index (χ2n) is 11.4. The van der Waals surface area contributed by atoms with Crippen molar-refractivity contribution in [3.63, 3.8) is 0 Å². The first-order chi connectivity index (χ1) is 21.6. The zero-order valence-electron chi connectivity index (χ0n) is 24.6. The van der Waals surface area contributed by atoms with Gasteiger partial charge in [0, 0.05) is 35.7 Å². The van der Waals surface area contributed by atoms with E-state index in [1.54, 1.807) is 54.6 Å². The number of fused-ring (bicyclic) bond motifs is 4. The van der Waals surface area contributed by atoms with Gasteiger partial charge in [-0.2, -0.15) is 0 Å². The van der Waals surface area contributed by atoms with E-state index in [2.05, 4.69) is 0 Å². The van der Waals surface area contributed by atoms with Crippen LogP contribution in [0.25, 0.3) is 0 Å². The monoisotopic (exact) mass is 628 g/mol. The molecule has 3 aromatic carbocycles. The van der Waals surface area contributed by atoms with Crippen LogP contribution in [-0.4, -0.2) is 45.1 Å². The summed E-state index contributed by atoms with van der Waals surface area (Å²) < 4.78 is 14.9. The Labute approximate surface area is 262 Å². The van der Waals surface area contributed by atoms with Crippen LogP contribution in [0, 0.1) is 5.92 Å². The molecule has 4 atom stereocenters. The minimum absolute atomic E-state index is 0.0431. The predicted octanol–water partition coefficient (Wildman–Crippen LogP) is 3.52. The third-order valence-electron chi connectivity index (χ3n) is 9.46. The Kier molecular flexibility index (Phi) is 6.55. The molecule has 1 aromatic heterocycles. The number of hydrogen-bond donors (Lipinski definition) is 1. The average Bonchev–Trinajstić information content (AvgIpc) is 3.41. The number of halogens is 1. The van der Waals surface area contributed by atoms with Gasteiger partial charge in [-0.1, -0.05) is 54.1 Å². The summed E-state index contributed by atoms with van der Waals surface area (Å²) in [6, 6.07) is 17.8. The predicted molar refractivity (Wildman–Crippen MR) is 165 cm³/mol. The number of carbonyl (C=O) groups excluding carboxylic acids is 2. The Balaban J connectivity index is 1.60. The molecule has 0 unspecified atom stereocenters. The zero-order chi connectivity index (χ0) is 31.8. The first-order valence-corrected chi connectivity index (χ1v) is 14.8. The van der Waals surface area contributed by atoms with Crippen molar-refractivity contribution in [2.75, 3.05) is 19.1 Å². The SMILES string of the molecule is COc1cc(O)c([C@H]2C3=CCn4c(=O)n(C)c(=O)n4[C@@H]3C[C@H]3C(=O)N(c4cccc(Cl)c4)C(=O)[C@@]23c2ccccc2)c(OC)c1. The summed E-state index contributed by atoms with van der Waals surface area (Å²) in [7, 11) is 4.30. The van der Waals surface area contributed by atoms with Crippen LogP contribution in [0.15, 0.2) is 88.0 Å². The van der Waals surface area contributed by atoms with Crippen molar-refractivity contribution >= 4 is 29.1 Å². The van der Waals surface area contributed by atoms with E-state index in [0.717, 1.165) is 9.47 Å². The molecule has 12 heteroatoms. The van der Waals surface area contributed by atoms with Crippen LogP contribution in [0.4, 0.5) is 5.69 Å². The summed E-state index contributed by atoms with van der Waals surface area (Å²) in [4.78, 5) is 57.6. The lowest BCUT2D eigenvalue weighted by atomic mass is 9.53. The van der Waals surface area contributed by atoms with E-state index in [9.17, 15) is 19.5 Å². The van der Waals surface area contributed by atoms with Crippen LogP contribution in [-0.2, 0) is 28.6 Å². The van der Waals surface area contributed by atoms with Crippen molar-refractivity contribution in [1.29, 1.82) is 0 Å². The number of phenols is 1. The first kappa shape index (κ1) is 28.7. The molecule has 45 heavy (non-hydrogen) atoms. The van der Waals surface area contributed by atoms with Crippen molar-refractivity contribution < 1.29 is 24.2 Å². The molecule has 1 saturated carbocycles. The largest absolute Gasteiger partial charge is 0.507 e. The lowest BCUT2D eigenvalue weighted by molar-refractivity contribution is -0.124. The smallest absolute Gasteiger partial charge is 0.347 e. The molecular formula is C33H29ClN4O7. The summed E-state index contributed by atoms with van der Waals surface area (Å²) in [5.41, 5.74) is -0.890. The molecule has 230 valence electrons. The Morgan fingerprint density at radius 2 is 1.69 bits per heavy atom. The normalized spacial score (nSPS) is 23.7. The maximum Gasteiger partial charge on any atom is 0.347 e. The highest BCUT2D eigenvalue weighted by atomic mass is 35.5. The number of benzene rings is 3. The van der Waals surface area contributed by atoms with Gasteiger partial charge in [0.2, 0.25) is 11.8 Å². The second kappa shape index (κ2) is 10.3. The van der Waals surface area contributed by atoms with Crippen LogP contribution in [0.3, 0.4) is 0 Å². The highest BCUT2D eigenvalue weighted by Crippen LogP contribution is 2.64. The van der Waals surface area contributed by atoms with E-state index in [1.165, 1.54) is 36.7 Å². The van der Waals surface area contributed by atoms with Gasteiger partial charge in [0.1, 0.15) is 17.2 Å². The van der Waals surface area contributed by atoms with Crippen LogP contribution in [0.5, 0.6) is 17.2 Å². The highest BCUT2D eigenvalue weighted by Gasteiger charge is 2.69. The third-order valence-corrected chi connectivity index (χ3v) is 9.69. The summed E-state index contributed by atoms with van der Waals surface area (Å²) in [6.07, 6.45) is 1.86.